The fourth-order valence-corrected chi connectivity index (χ4v) is 3.15. The molecule has 0 atom stereocenters. The van der Waals surface area contributed by atoms with Gasteiger partial charge in [-0.1, -0.05) is 0 Å². The zero-order valence-corrected chi connectivity index (χ0v) is 13.1. The Morgan fingerprint density at radius 3 is 2.55 bits per heavy atom. The van der Waals surface area contributed by atoms with E-state index >= 15 is 0 Å². The molecule has 1 fully saturated rings. The van der Waals surface area contributed by atoms with Crippen LogP contribution in [-0.2, 0) is 11.3 Å². The van der Waals surface area contributed by atoms with Crippen LogP contribution in [0.5, 0.6) is 0 Å². The lowest BCUT2D eigenvalue weighted by Crippen LogP contribution is -2.29. The van der Waals surface area contributed by atoms with Gasteiger partial charge in [-0.15, -0.1) is 0 Å². The van der Waals surface area contributed by atoms with Crippen LogP contribution < -0.4 is 5.32 Å². The monoisotopic (exact) mass is 299 g/mol. The third-order valence-corrected chi connectivity index (χ3v) is 4.15. The van der Waals surface area contributed by atoms with Crippen LogP contribution in [0.15, 0.2) is 24.3 Å². The van der Waals surface area contributed by atoms with Gasteiger partial charge >= 0.3 is 0 Å². The minimum atomic E-state index is -0.0948. The Hall–Kier alpha value is -2.30. The minimum Gasteiger partial charge on any atom is -0.337 e. The van der Waals surface area contributed by atoms with Gasteiger partial charge in [0.2, 0.25) is 5.91 Å². The second kappa shape index (κ2) is 5.83. The number of aryl methyl sites for hydroxylation is 1. The number of hydrogen-bond acceptors (Lipinski definition) is 2. The van der Waals surface area contributed by atoms with Crippen LogP contribution in [0.4, 0.5) is 5.69 Å². The van der Waals surface area contributed by atoms with E-state index in [1.54, 1.807) is 0 Å². The molecule has 5 heteroatoms. The lowest BCUT2D eigenvalue weighted by molar-refractivity contribution is -0.114. The van der Waals surface area contributed by atoms with Gasteiger partial charge in [-0.3, -0.25) is 9.59 Å². The summed E-state index contributed by atoms with van der Waals surface area (Å²) < 4.78 is 2.05. The molecule has 0 radical (unpaired) electrons. The Balaban J connectivity index is 2.02. The molecule has 2 amide bonds. The van der Waals surface area contributed by atoms with E-state index in [1.807, 2.05) is 40.7 Å². The topological polar surface area (TPSA) is 54.3 Å². The van der Waals surface area contributed by atoms with Crippen LogP contribution in [0.2, 0.25) is 0 Å². The van der Waals surface area contributed by atoms with Gasteiger partial charge in [0.05, 0.1) is 0 Å². The summed E-state index contributed by atoms with van der Waals surface area (Å²) in [5.41, 5.74) is 2.52. The SMILES string of the molecule is CCn1c(C(=O)N2CCCC2)cc2cc(NC(C)=O)ccc21. The number of anilines is 1. The third-order valence-electron chi connectivity index (χ3n) is 4.15. The molecule has 1 saturated heterocycles. The van der Waals surface area contributed by atoms with Crippen molar-refractivity contribution in [3.8, 4) is 0 Å². The highest BCUT2D eigenvalue weighted by Gasteiger charge is 2.23. The predicted octanol–water partition coefficient (Wildman–Crippen LogP) is 2.86. The summed E-state index contributed by atoms with van der Waals surface area (Å²) in [7, 11) is 0. The van der Waals surface area contributed by atoms with Crippen LogP contribution in [0.3, 0.4) is 0 Å². The molecule has 3 rings (SSSR count). The summed E-state index contributed by atoms with van der Waals surface area (Å²) in [6.45, 7) is 5.98. The molecule has 0 spiro atoms. The highest BCUT2D eigenvalue weighted by atomic mass is 16.2. The maximum Gasteiger partial charge on any atom is 0.270 e. The average Bonchev–Trinajstić information content (AvgIpc) is 3.12. The number of likely N-dealkylation sites (tertiary alicyclic amines) is 1. The molecule has 1 aromatic heterocycles. The van der Waals surface area contributed by atoms with Gasteiger partial charge in [-0.25, -0.2) is 0 Å². The molecule has 0 aliphatic carbocycles. The Morgan fingerprint density at radius 1 is 1.18 bits per heavy atom. The second-order valence-electron chi connectivity index (χ2n) is 5.73. The Bertz CT molecular complexity index is 727. The highest BCUT2D eigenvalue weighted by Crippen LogP contribution is 2.25. The molecule has 2 aromatic rings. The second-order valence-corrected chi connectivity index (χ2v) is 5.73. The molecule has 116 valence electrons. The van der Waals surface area contributed by atoms with Crippen molar-refractivity contribution in [2.75, 3.05) is 18.4 Å². The molecule has 2 heterocycles. The van der Waals surface area contributed by atoms with Gasteiger partial charge in [-0.05, 0) is 44.0 Å². The summed E-state index contributed by atoms with van der Waals surface area (Å²) in [5, 5.41) is 3.77. The Morgan fingerprint density at radius 2 is 1.91 bits per heavy atom. The van der Waals surface area contributed by atoms with E-state index in [2.05, 4.69) is 5.32 Å². The van der Waals surface area contributed by atoms with Crippen molar-refractivity contribution in [1.82, 2.24) is 9.47 Å². The first-order valence-electron chi connectivity index (χ1n) is 7.80. The van der Waals surface area contributed by atoms with Crippen LogP contribution >= 0.6 is 0 Å². The van der Waals surface area contributed by atoms with Crippen molar-refractivity contribution in [1.29, 1.82) is 0 Å². The molecule has 0 saturated carbocycles. The largest absolute Gasteiger partial charge is 0.337 e. The minimum absolute atomic E-state index is 0.0948. The van der Waals surface area contributed by atoms with Gasteiger partial charge in [0.1, 0.15) is 5.69 Å². The number of amides is 2. The quantitative estimate of drug-likeness (QED) is 0.947. The van der Waals surface area contributed by atoms with Crippen LogP contribution in [0.25, 0.3) is 10.9 Å². The zero-order chi connectivity index (χ0) is 15.7. The van der Waals surface area contributed by atoms with E-state index in [-0.39, 0.29) is 11.8 Å². The van der Waals surface area contributed by atoms with Gasteiger partial charge in [0.25, 0.3) is 5.91 Å². The van der Waals surface area contributed by atoms with Crippen molar-refractivity contribution in [2.24, 2.45) is 0 Å². The summed E-state index contributed by atoms with van der Waals surface area (Å²) in [6, 6.07) is 7.69. The van der Waals surface area contributed by atoms with Crippen molar-refractivity contribution in [3.63, 3.8) is 0 Å². The van der Waals surface area contributed by atoms with Gasteiger partial charge in [-0.2, -0.15) is 0 Å². The number of aromatic nitrogens is 1. The lowest BCUT2D eigenvalue weighted by atomic mass is 10.2. The van der Waals surface area contributed by atoms with Crippen molar-refractivity contribution in [3.05, 3.63) is 30.0 Å². The molecule has 1 aliphatic heterocycles. The smallest absolute Gasteiger partial charge is 0.270 e. The van der Waals surface area contributed by atoms with E-state index < -0.39 is 0 Å². The number of benzene rings is 1. The van der Waals surface area contributed by atoms with Gasteiger partial charge < -0.3 is 14.8 Å². The highest BCUT2D eigenvalue weighted by molar-refractivity contribution is 6.00. The summed E-state index contributed by atoms with van der Waals surface area (Å²) in [5.74, 6) is 0.0132. The predicted molar refractivity (Wildman–Crippen MR) is 87.1 cm³/mol. The summed E-state index contributed by atoms with van der Waals surface area (Å²) in [6.07, 6.45) is 2.18. The normalized spacial score (nSPS) is 14.5. The molecule has 1 aliphatic rings. The maximum atomic E-state index is 12.7. The maximum absolute atomic E-state index is 12.7. The first-order chi connectivity index (χ1) is 10.6. The lowest BCUT2D eigenvalue weighted by Gasteiger charge is -2.16. The Kier molecular flexibility index (Phi) is 3.88. The van der Waals surface area contributed by atoms with Crippen LogP contribution in [0, 0.1) is 0 Å². The summed E-state index contributed by atoms with van der Waals surface area (Å²) >= 11 is 0. The molecular formula is C17H21N3O2. The van der Waals surface area contributed by atoms with E-state index in [0.29, 0.717) is 0 Å². The average molecular weight is 299 g/mol. The summed E-state index contributed by atoms with van der Waals surface area (Å²) in [4.78, 5) is 25.8. The van der Waals surface area contributed by atoms with Crippen LogP contribution in [0.1, 0.15) is 37.2 Å². The van der Waals surface area contributed by atoms with Crippen molar-refractivity contribution in [2.45, 2.75) is 33.2 Å². The number of rotatable bonds is 3. The molecule has 0 unspecified atom stereocenters. The molecule has 0 bridgehead atoms. The molecular weight excluding hydrogens is 278 g/mol. The zero-order valence-electron chi connectivity index (χ0n) is 13.1. The van der Waals surface area contributed by atoms with E-state index in [4.69, 9.17) is 0 Å². The van der Waals surface area contributed by atoms with E-state index in [0.717, 1.165) is 54.8 Å². The van der Waals surface area contributed by atoms with E-state index in [9.17, 15) is 9.59 Å². The van der Waals surface area contributed by atoms with Crippen LogP contribution in [-0.4, -0.2) is 34.4 Å². The van der Waals surface area contributed by atoms with E-state index in [1.165, 1.54) is 6.92 Å². The fourth-order valence-electron chi connectivity index (χ4n) is 3.15. The van der Waals surface area contributed by atoms with Crippen molar-refractivity contribution < 1.29 is 9.59 Å². The number of hydrogen-bond donors (Lipinski definition) is 1. The Labute approximate surface area is 129 Å². The fraction of sp³-hybridized carbons (Fsp3) is 0.412. The van der Waals surface area contributed by atoms with Crippen molar-refractivity contribution >= 4 is 28.4 Å². The number of carbonyl (C=O) groups is 2. The molecule has 1 aromatic carbocycles. The van der Waals surface area contributed by atoms with Gasteiger partial charge in [0.15, 0.2) is 0 Å². The third kappa shape index (κ3) is 2.58. The number of nitrogens with one attached hydrogen (secondary N) is 1. The standard InChI is InChI=1S/C17H21N3O2/c1-3-20-15-7-6-14(18-12(2)21)10-13(15)11-16(20)17(22)19-8-4-5-9-19/h6-7,10-11H,3-5,8-9H2,1-2H3,(H,18,21). The number of fused-ring (bicyclic) bond motifs is 1. The molecule has 5 nitrogen and oxygen atoms in total. The first kappa shape index (κ1) is 14.6. The van der Waals surface area contributed by atoms with Gasteiger partial charge in [0, 0.05) is 43.1 Å². The molecule has 22 heavy (non-hydrogen) atoms. The number of nitrogens with zero attached hydrogens (tertiary/aromatic N) is 2. The number of carbonyl (C=O) groups excluding carboxylic acids is 2. The molecule has 1 N–H and O–H groups in total. The first-order valence-corrected chi connectivity index (χ1v) is 7.80.